The van der Waals surface area contributed by atoms with E-state index in [1.54, 1.807) is 0 Å². The zero-order chi connectivity index (χ0) is 39.6. The molecule has 0 nitrogen and oxygen atoms in total. The molecule has 0 aromatic heterocycles. The van der Waals surface area contributed by atoms with Gasteiger partial charge in [0.1, 0.15) is 0 Å². The minimum absolute atomic E-state index is 0. The Kier molecular flexibility index (Phi) is 20.4. The monoisotopic (exact) mass is 962 g/mol. The van der Waals surface area contributed by atoms with Crippen LogP contribution in [0.25, 0.3) is 22.3 Å². The van der Waals surface area contributed by atoms with E-state index in [4.69, 9.17) is 0 Å². The summed E-state index contributed by atoms with van der Waals surface area (Å²) in [5, 5.41) is 0. The van der Waals surface area contributed by atoms with Crippen molar-refractivity contribution in [3.8, 4) is 22.3 Å². The summed E-state index contributed by atoms with van der Waals surface area (Å²) in [7, 11) is 0. The van der Waals surface area contributed by atoms with Gasteiger partial charge in [-0.25, -0.2) is 23.3 Å². The summed E-state index contributed by atoms with van der Waals surface area (Å²) in [6.45, 7) is 31.3. The molecule has 0 aliphatic heterocycles. The van der Waals surface area contributed by atoms with Crippen LogP contribution in [-0.4, -0.2) is 0 Å². The van der Waals surface area contributed by atoms with Gasteiger partial charge in [0, 0.05) is 0 Å². The molecule has 58 heavy (non-hydrogen) atoms. The molecule has 0 bridgehead atoms. The Bertz CT molecular complexity index is 1830. The molecule has 4 aliphatic carbocycles. The Hall–Kier alpha value is -1.81. The molecule has 0 spiro atoms. The van der Waals surface area contributed by atoms with Gasteiger partial charge in [-0.2, -0.15) is 59.7 Å². The fraction of sp³-hybridized carbons (Fsp3) is 0.407. The average molecular weight is 966 g/mol. The maximum Gasteiger partial charge on any atom is 2.00 e. The predicted molar refractivity (Wildman–Crippen MR) is 234 cm³/mol. The van der Waals surface area contributed by atoms with Crippen LogP contribution in [0.1, 0.15) is 154 Å². The maximum absolute atomic E-state index is 3.67. The smallest absolute Gasteiger partial charge is 1.00 e. The Balaban J connectivity index is 0.000000427. The van der Waals surface area contributed by atoms with Gasteiger partial charge in [0.15, 0.2) is 0 Å². The predicted octanol–water partition coefficient (Wildman–Crippen LogP) is 8.70. The summed E-state index contributed by atoms with van der Waals surface area (Å²) in [6.07, 6.45) is 18.7. The molecule has 4 aromatic carbocycles. The molecule has 0 heterocycles. The van der Waals surface area contributed by atoms with Gasteiger partial charge in [-0.05, 0) is 56.8 Å². The number of hydrogen-bond acceptors (Lipinski definition) is 0. The van der Waals surface area contributed by atoms with Crippen LogP contribution in [-0.2, 0) is 86.9 Å². The minimum Gasteiger partial charge on any atom is -1.00 e. The van der Waals surface area contributed by atoms with Gasteiger partial charge in [0.2, 0.25) is 0 Å². The van der Waals surface area contributed by atoms with Gasteiger partial charge in [0.05, 0.1) is 0 Å². The van der Waals surface area contributed by atoms with Crippen LogP contribution in [0.3, 0.4) is 0 Å². The van der Waals surface area contributed by atoms with Crippen LogP contribution in [0.4, 0.5) is 0 Å². The largest absolute Gasteiger partial charge is 2.00 e. The first kappa shape index (κ1) is 54.2. The normalized spacial score (nSPS) is 14.0. The summed E-state index contributed by atoms with van der Waals surface area (Å²) in [6, 6.07) is 30.3. The Morgan fingerprint density at radius 2 is 0.759 bits per heavy atom. The molecule has 4 heteroatoms. The maximum atomic E-state index is 3.67. The number of halogens is 2. The van der Waals surface area contributed by atoms with Crippen LogP contribution in [0.15, 0.2) is 96.1 Å². The second kappa shape index (κ2) is 21.8. The van der Waals surface area contributed by atoms with Crippen molar-refractivity contribution < 1.29 is 77.2 Å². The standard InChI is InChI=1S/2C21H25.2C6H7.2ClH.2Zr/c2*1-20(2,3)16-7-9-18-14(12-16)11-15-13-17(21(4,5)6)8-10-19(15)18;2*1-6-4-2-3-5-6;;;;/h2*7-10,12H,11H2,1-6H3;2*2,4H,3H2,1H3;2*1H;;/q4*-1;;;2*+2/p-2. The third kappa shape index (κ3) is 14.1. The summed E-state index contributed by atoms with van der Waals surface area (Å²) in [5.41, 5.74) is 20.0. The molecule has 0 atom stereocenters. The fourth-order valence-corrected chi connectivity index (χ4v) is 7.08. The van der Waals surface area contributed by atoms with Crippen molar-refractivity contribution in [1.82, 2.24) is 0 Å². The summed E-state index contributed by atoms with van der Waals surface area (Å²) < 4.78 is 0. The summed E-state index contributed by atoms with van der Waals surface area (Å²) >= 11 is 0. The zero-order valence-electron chi connectivity index (χ0n) is 37.7. The van der Waals surface area contributed by atoms with E-state index in [2.05, 4.69) is 206 Å². The average Bonchev–Trinajstić information content (AvgIpc) is 3.89. The quantitative estimate of drug-likeness (QED) is 0.134. The van der Waals surface area contributed by atoms with E-state index in [-0.39, 0.29) is 98.9 Å². The van der Waals surface area contributed by atoms with Gasteiger partial charge >= 0.3 is 52.4 Å². The van der Waals surface area contributed by atoms with E-state index in [0.717, 1.165) is 25.7 Å². The Morgan fingerprint density at radius 3 is 1.00 bits per heavy atom. The van der Waals surface area contributed by atoms with Gasteiger partial charge in [-0.15, -0.1) is 35.1 Å². The van der Waals surface area contributed by atoms with Crippen molar-refractivity contribution in [2.24, 2.45) is 0 Å². The van der Waals surface area contributed by atoms with Crippen molar-refractivity contribution >= 4 is 0 Å². The van der Waals surface area contributed by atoms with Gasteiger partial charge in [-0.3, -0.25) is 12.2 Å². The first-order valence-electron chi connectivity index (χ1n) is 20.0. The van der Waals surface area contributed by atoms with E-state index < -0.39 is 0 Å². The zero-order valence-corrected chi connectivity index (χ0v) is 44.1. The molecular weight excluding hydrogens is 902 g/mol. The van der Waals surface area contributed by atoms with Gasteiger partial charge in [-0.1, -0.05) is 144 Å². The molecular formula is C54H64Cl2Zr2-2. The Morgan fingerprint density at radius 1 is 0.431 bits per heavy atom. The molecule has 304 valence electrons. The minimum atomic E-state index is 0. The molecule has 0 amide bonds. The number of benzene rings is 4. The molecule has 0 radical (unpaired) electrons. The second-order valence-electron chi connectivity index (χ2n) is 19.6. The van der Waals surface area contributed by atoms with Crippen LogP contribution >= 0.6 is 0 Å². The number of rotatable bonds is 0. The molecule has 0 fully saturated rings. The number of allylic oxidation sites excluding steroid dienone is 8. The molecule has 8 rings (SSSR count). The van der Waals surface area contributed by atoms with E-state index in [9.17, 15) is 0 Å². The molecule has 0 saturated heterocycles. The number of fused-ring (bicyclic) bond motifs is 6. The molecule has 0 unspecified atom stereocenters. The third-order valence-electron chi connectivity index (χ3n) is 10.7. The molecule has 0 saturated carbocycles. The first-order valence-corrected chi connectivity index (χ1v) is 20.0. The van der Waals surface area contributed by atoms with Gasteiger partial charge in [0.25, 0.3) is 0 Å². The second-order valence-corrected chi connectivity index (χ2v) is 19.6. The van der Waals surface area contributed by atoms with Crippen LogP contribution in [0.5, 0.6) is 0 Å². The topological polar surface area (TPSA) is 0 Å². The molecule has 0 N–H and O–H groups in total. The molecule has 4 aromatic rings. The van der Waals surface area contributed by atoms with Crippen molar-refractivity contribution in [3.05, 3.63) is 165 Å². The molecule has 4 aliphatic rings. The van der Waals surface area contributed by atoms with Crippen LogP contribution in [0, 0.1) is 24.3 Å². The van der Waals surface area contributed by atoms with Crippen molar-refractivity contribution in [2.75, 3.05) is 0 Å². The SMILES string of the molecule is CC(C)(C)c1[c-]c2c(cc1)-c1ccc(C(C)(C)C)cc1C2.CC(C)(C)c1[c-]c2c(cc1)-c1ccc(C(C)(C)C)cc1C2.CC1=[C-]CC=C1.CC1=[C-]CC=C1.[Cl-].[Cl-].[Zr+2].[Zr+2]. The van der Waals surface area contributed by atoms with E-state index >= 15 is 0 Å². The van der Waals surface area contributed by atoms with Crippen molar-refractivity contribution in [1.29, 1.82) is 0 Å². The fourth-order valence-electron chi connectivity index (χ4n) is 7.08. The Labute approximate surface area is 405 Å². The van der Waals surface area contributed by atoms with E-state index in [1.165, 1.54) is 77.9 Å². The van der Waals surface area contributed by atoms with E-state index in [1.807, 2.05) is 0 Å². The first-order chi connectivity index (χ1) is 25.1. The van der Waals surface area contributed by atoms with Crippen LogP contribution in [0.2, 0.25) is 0 Å². The number of hydrogen-bond donors (Lipinski definition) is 0. The van der Waals surface area contributed by atoms with Crippen molar-refractivity contribution in [2.45, 2.75) is 144 Å². The summed E-state index contributed by atoms with van der Waals surface area (Å²) in [5.74, 6) is 0. The third-order valence-corrected chi connectivity index (χ3v) is 10.7. The van der Waals surface area contributed by atoms with E-state index in [0.29, 0.717) is 0 Å². The summed E-state index contributed by atoms with van der Waals surface area (Å²) in [4.78, 5) is 0. The van der Waals surface area contributed by atoms with Crippen molar-refractivity contribution in [3.63, 3.8) is 0 Å². The van der Waals surface area contributed by atoms with Gasteiger partial charge < -0.3 is 24.8 Å². The van der Waals surface area contributed by atoms with Crippen LogP contribution < -0.4 is 24.8 Å².